The van der Waals surface area contributed by atoms with Gasteiger partial charge < -0.3 is 15.8 Å². The molecule has 0 rings (SSSR count). The van der Waals surface area contributed by atoms with Crippen molar-refractivity contribution in [3.05, 3.63) is 0 Å². The lowest BCUT2D eigenvalue weighted by Crippen LogP contribution is -2.32. The predicted molar refractivity (Wildman–Crippen MR) is 108 cm³/mol. The van der Waals surface area contributed by atoms with E-state index in [-0.39, 0.29) is 11.9 Å². The summed E-state index contributed by atoms with van der Waals surface area (Å²) in [6, 6.07) is -0.542. The van der Waals surface area contributed by atoms with Crippen molar-refractivity contribution in [3.63, 3.8) is 0 Å². The van der Waals surface area contributed by atoms with Crippen LogP contribution in [0, 0.1) is 0 Å². The van der Waals surface area contributed by atoms with Gasteiger partial charge in [0.15, 0.2) is 0 Å². The fourth-order valence-corrected chi connectivity index (χ4v) is 2.83. The molecule has 0 fully saturated rings. The monoisotopic (exact) mass is 370 g/mol. The van der Waals surface area contributed by atoms with Crippen molar-refractivity contribution in [2.45, 2.75) is 110 Å². The first-order valence-electron chi connectivity index (χ1n) is 10.8. The van der Waals surface area contributed by atoms with Gasteiger partial charge in [-0.1, -0.05) is 65.2 Å². The van der Waals surface area contributed by atoms with Crippen molar-refractivity contribution in [1.29, 1.82) is 0 Å². The van der Waals surface area contributed by atoms with E-state index >= 15 is 0 Å². The molecule has 0 aliphatic carbocycles. The second kappa shape index (κ2) is 18.7. The predicted octanol–water partition coefficient (Wildman–Crippen LogP) is 4.47. The average molecular weight is 371 g/mol. The maximum Gasteiger partial charge on any atom is 0.322 e. The van der Waals surface area contributed by atoms with E-state index in [1.54, 1.807) is 0 Å². The van der Waals surface area contributed by atoms with Crippen LogP contribution in [0.25, 0.3) is 0 Å². The lowest BCUT2D eigenvalue weighted by atomic mass is 10.1. The Balaban J connectivity index is 3.37. The van der Waals surface area contributed by atoms with Gasteiger partial charge in [0, 0.05) is 13.0 Å². The summed E-state index contributed by atoms with van der Waals surface area (Å²) in [6.45, 7) is 5.29. The Morgan fingerprint density at radius 1 is 0.846 bits per heavy atom. The number of amides is 1. The summed E-state index contributed by atoms with van der Waals surface area (Å²) in [7, 11) is 0. The molecule has 1 amide bonds. The van der Waals surface area contributed by atoms with Crippen LogP contribution in [-0.4, -0.2) is 31.1 Å². The third-order valence-corrected chi connectivity index (χ3v) is 4.52. The Hall–Kier alpha value is -1.10. The van der Waals surface area contributed by atoms with Gasteiger partial charge in [-0.2, -0.15) is 0 Å². The van der Waals surface area contributed by atoms with Crippen molar-refractivity contribution in [2.75, 3.05) is 13.2 Å². The lowest BCUT2D eigenvalue weighted by Gasteiger charge is -2.11. The Morgan fingerprint density at radius 2 is 1.46 bits per heavy atom. The van der Waals surface area contributed by atoms with Crippen molar-refractivity contribution in [2.24, 2.45) is 5.73 Å². The molecule has 0 spiro atoms. The van der Waals surface area contributed by atoms with Crippen LogP contribution in [0.4, 0.5) is 0 Å². The largest absolute Gasteiger partial charge is 0.465 e. The van der Waals surface area contributed by atoms with Gasteiger partial charge in [0.1, 0.15) is 6.04 Å². The normalized spacial score (nSPS) is 12.0. The summed E-state index contributed by atoms with van der Waals surface area (Å²) < 4.78 is 5.01. The van der Waals surface area contributed by atoms with E-state index in [2.05, 4.69) is 12.2 Å². The van der Waals surface area contributed by atoms with Crippen LogP contribution in [-0.2, 0) is 14.3 Å². The summed E-state index contributed by atoms with van der Waals surface area (Å²) in [6.07, 6.45) is 15.1. The second-order valence-corrected chi connectivity index (χ2v) is 7.20. The van der Waals surface area contributed by atoms with Gasteiger partial charge in [-0.25, -0.2) is 0 Å². The quantitative estimate of drug-likeness (QED) is 0.275. The number of rotatable bonds is 18. The number of esters is 1. The molecule has 0 saturated heterocycles. The third kappa shape index (κ3) is 16.4. The summed E-state index contributed by atoms with van der Waals surface area (Å²) >= 11 is 0. The first-order chi connectivity index (χ1) is 12.6. The molecule has 0 heterocycles. The van der Waals surface area contributed by atoms with Gasteiger partial charge in [0.2, 0.25) is 5.91 Å². The van der Waals surface area contributed by atoms with E-state index in [4.69, 9.17) is 10.5 Å². The van der Waals surface area contributed by atoms with Crippen molar-refractivity contribution in [1.82, 2.24) is 5.32 Å². The zero-order chi connectivity index (χ0) is 19.5. The topological polar surface area (TPSA) is 81.4 Å². The molecule has 0 aliphatic heterocycles. The van der Waals surface area contributed by atoms with Gasteiger partial charge in [0.05, 0.1) is 6.61 Å². The Morgan fingerprint density at radius 3 is 2.08 bits per heavy atom. The van der Waals surface area contributed by atoms with Gasteiger partial charge in [0.25, 0.3) is 0 Å². The maximum absolute atomic E-state index is 11.8. The molecule has 0 radical (unpaired) electrons. The summed E-state index contributed by atoms with van der Waals surface area (Å²) in [5, 5.41) is 2.95. The molecule has 0 aromatic heterocycles. The summed E-state index contributed by atoms with van der Waals surface area (Å²) in [5.41, 5.74) is 5.78. The number of hydrogen-bond donors (Lipinski definition) is 2. The molecule has 0 saturated carbocycles. The molecular formula is C21H42N2O3. The van der Waals surface area contributed by atoms with E-state index in [1.807, 2.05) is 6.92 Å². The molecule has 5 nitrogen and oxygen atoms in total. The Kier molecular flexibility index (Phi) is 17.9. The standard InChI is InChI=1S/C21H42N2O3/c1-3-5-6-7-8-9-10-11-12-16-20(24)23-17-14-13-15-19(22)21(25)26-18-4-2/h19H,3-18,22H2,1-2H3,(H,23,24). The highest BCUT2D eigenvalue weighted by Crippen LogP contribution is 2.10. The van der Waals surface area contributed by atoms with Crippen molar-refractivity contribution >= 4 is 11.9 Å². The molecule has 5 heteroatoms. The van der Waals surface area contributed by atoms with E-state index in [0.717, 1.165) is 32.1 Å². The number of ether oxygens (including phenoxy) is 1. The SMILES string of the molecule is CCCCCCCCCCCC(=O)NCCCCC(N)C(=O)OCCC. The van der Waals surface area contributed by atoms with E-state index in [0.29, 0.717) is 26.0 Å². The highest BCUT2D eigenvalue weighted by atomic mass is 16.5. The summed E-state index contributed by atoms with van der Waals surface area (Å²) in [5.74, 6) is -0.180. The molecule has 0 aliphatic rings. The number of carbonyl (C=O) groups excluding carboxylic acids is 2. The average Bonchev–Trinajstić information content (AvgIpc) is 2.64. The molecule has 0 bridgehead atoms. The smallest absolute Gasteiger partial charge is 0.322 e. The van der Waals surface area contributed by atoms with Gasteiger partial charge in [-0.05, 0) is 32.1 Å². The number of carbonyl (C=O) groups is 2. The first-order valence-corrected chi connectivity index (χ1v) is 10.8. The van der Waals surface area contributed by atoms with Crippen LogP contribution in [0.3, 0.4) is 0 Å². The fourth-order valence-electron chi connectivity index (χ4n) is 2.83. The van der Waals surface area contributed by atoms with Crippen molar-refractivity contribution in [3.8, 4) is 0 Å². The maximum atomic E-state index is 11.8. The van der Waals surface area contributed by atoms with Crippen LogP contribution in [0.5, 0.6) is 0 Å². The van der Waals surface area contributed by atoms with E-state index in [9.17, 15) is 9.59 Å². The van der Waals surface area contributed by atoms with E-state index in [1.165, 1.54) is 44.9 Å². The molecule has 154 valence electrons. The summed E-state index contributed by atoms with van der Waals surface area (Å²) in [4.78, 5) is 23.3. The highest BCUT2D eigenvalue weighted by Gasteiger charge is 2.13. The number of hydrogen-bond acceptors (Lipinski definition) is 4. The minimum atomic E-state index is -0.542. The van der Waals surface area contributed by atoms with Crippen LogP contribution < -0.4 is 11.1 Å². The number of nitrogens with two attached hydrogens (primary N) is 1. The fraction of sp³-hybridized carbons (Fsp3) is 0.905. The highest BCUT2D eigenvalue weighted by molar-refractivity contribution is 5.76. The zero-order valence-electron chi connectivity index (χ0n) is 17.2. The van der Waals surface area contributed by atoms with Crippen LogP contribution >= 0.6 is 0 Å². The second-order valence-electron chi connectivity index (χ2n) is 7.20. The Labute approximate surface area is 160 Å². The molecule has 1 unspecified atom stereocenters. The molecular weight excluding hydrogens is 328 g/mol. The minimum absolute atomic E-state index is 0.139. The van der Waals surface area contributed by atoms with Crippen LogP contribution in [0.15, 0.2) is 0 Å². The van der Waals surface area contributed by atoms with Gasteiger partial charge in [-0.15, -0.1) is 0 Å². The number of nitrogens with one attached hydrogen (secondary N) is 1. The lowest BCUT2D eigenvalue weighted by molar-refractivity contribution is -0.145. The minimum Gasteiger partial charge on any atom is -0.465 e. The third-order valence-electron chi connectivity index (χ3n) is 4.52. The first kappa shape index (κ1) is 24.9. The van der Waals surface area contributed by atoms with Gasteiger partial charge in [-0.3, -0.25) is 9.59 Å². The molecule has 26 heavy (non-hydrogen) atoms. The molecule has 3 N–H and O–H groups in total. The molecule has 0 aromatic carbocycles. The van der Waals surface area contributed by atoms with Crippen LogP contribution in [0.1, 0.15) is 104 Å². The zero-order valence-corrected chi connectivity index (χ0v) is 17.2. The molecule has 0 aromatic rings. The van der Waals surface area contributed by atoms with E-state index < -0.39 is 6.04 Å². The Bertz CT molecular complexity index is 348. The van der Waals surface area contributed by atoms with Gasteiger partial charge >= 0.3 is 5.97 Å². The van der Waals surface area contributed by atoms with Crippen LogP contribution in [0.2, 0.25) is 0 Å². The number of unbranched alkanes of at least 4 members (excludes halogenated alkanes) is 9. The van der Waals surface area contributed by atoms with Crippen molar-refractivity contribution < 1.29 is 14.3 Å². The molecule has 1 atom stereocenters.